The first kappa shape index (κ1) is 19.8. The maximum Gasteiger partial charge on any atom is 0.435 e. The van der Waals surface area contributed by atoms with E-state index in [9.17, 15) is 57.1 Å². The maximum absolute atomic E-state index is 12.9. The highest BCUT2D eigenvalue weighted by molar-refractivity contribution is 5.13. The molecule has 0 saturated heterocycles. The van der Waals surface area contributed by atoms with Crippen LogP contribution in [-0.2, 0) is 0 Å². The molecule has 0 fully saturated rings. The first-order chi connectivity index (χ1) is 8.84. The van der Waals surface area contributed by atoms with Crippen LogP contribution in [0.2, 0.25) is 0 Å². The van der Waals surface area contributed by atoms with E-state index in [1.165, 1.54) is 0 Å². The maximum atomic E-state index is 12.9. The topological polar surface area (TPSA) is 0 Å². The van der Waals surface area contributed by atoms with E-state index in [1.54, 1.807) is 0 Å². The molecule has 0 saturated carbocycles. The zero-order chi connectivity index (χ0) is 17.5. The van der Waals surface area contributed by atoms with Gasteiger partial charge in [0.2, 0.25) is 0 Å². The summed E-state index contributed by atoms with van der Waals surface area (Å²) in [6.07, 6.45) is -29.5. The lowest BCUT2D eigenvalue weighted by Crippen LogP contribution is -2.52. The third kappa shape index (κ3) is 4.40. The van der Waals surface area contributed by atoms with E-state index in [2.05, 4.69) is 0 Å². The molecule has 0 unspecified atom stereocenters. The van der Waals surface area contributed by atoms with Crippen LogP contribution in [0.4, 0.5) is 57.1 Å². The fraction of sp³-hybridized carbons (Fsp3) is 0.750. The zero-order valence-corrected chi connectivity index (χ0v) is 9.15. The number of allylic oxidation sites excluding steroid dienone is 2. The fourth-order valence-electron chi connectivity index (χ4n) is 0.982. The van der Waals surface area contributed by atoms with Crippen molar-refractivity contribution in [2.45, 2.75) is 30.4 Å². The Hall–Kier alpha value is -1.17. The van der Waals surface area contributed by atoms with E-state index in [4.69, 9.17) is 0 Å². The molecular formula is C8H3F13. The van der Waals surface area contributed by atoms with Gasteiger partial charge in [-0.3, -0.25) is 0 Å². The quantitative estimate of drug-likeness (QED) is 0.481. The van der Waals surface area contributed by atoms with Crippen molar-refractivity contribution < 1.29 is 57.1 Å². The van der Waals surface area contributed by atoms with Crippen molar-refractivity contribution in [1.29, 1.82) is 0 Å². The number of rotatable bonds is 2. The highest BCUT2D eigenvalue weighted by Crippen LogP contribution is 2.48. The standard InChI is InChI=1S/C8H3F13/c9-4(7(16,17)18,8(19,20)21)2-1-3(5(10,11)12)6(13,14)15/h1-3H/b2-1+. The Bertz CT molecular complexity index is 347. The summed E-state index contributed by atoms with van der Waals surface area (Å²) in [6, 6.07) is 0. The van der Waals surface area contributed by atoms with Gasteiger partial charge in [0.25, 0.3) is 0 Å². The minimum Gasteiger partial charge on any atom is -0.219 e. The van der Waals surface area contributed by atoms with Crippen molar-refractivity contribution in [3.05, 3.63) is 12.2 Å². The Labute approximate surface area is 107 Å². The van der Waals surface area contributed by atoms with Gasteiger partial charge in [0, 0.05) is 0 Å². The van der Waals surface area contributed by atoms with E-state index in [0.717, 1.165) is 0 Å². The molecule has 0 spiro atoms. The van der Waals surface area contributed by atoms with Gasteiger partial charge >= 0.3 is 30.4 Å². The van der Waals surface area contributed by atoms with E-state index < -0.39 is 48.4 Å². The lowest BCUT2D eigenvalue weighted by atomic mass is 10.00. The lowest BCUT2D eigenvalue weighted by molar-refractivity contribution is -0.323. The van der Waals surface area contributed by atoms with Crippen LogP contribution in [0.3, 0.4) is 0 Å². The molecule has 0 bridgehead atoms. The van der Waals surface area contributed by atoms with Gasteiger partial charge in [-0.25, -0.2) is 4.39 Å². The molecule has 0 aromatic heterocycles. The summed E-state index contributed by atoms with van der Waals surface area (Å²) in [6.45, 7) is 0. The Morgan fingerprint density at radius 1 is 0.524 bits per heavy atom. The second-order valence-corrected chi connectivity index (χ2v) is 3.63. The number of hydrogen-bond donors (Lipinski definition) is 0. The molecule has 0 aliphatic carbocycles. The molecule has 0 heterocycles. The minimum absolute atomic E-state index is 1.55. The summed E-state index contributed by atoms with van der Waals surface area (Å²) in [7, 11) is 0. The van der Waals surface area contributed by atoms with Gasteiger partial charge in [-0.2, -0.15) is 52.7 Å². The second kappa shape index (κ2) is 5.23. The third-order valence-electron chi connectivity index (χ3n) is 2.05. The van der Waals surface area contributed by atoms with Crippen molar-refractivity contribution in [2.24, 2.45) is 5.92 Å². The molecule has 126 valence electrons. The van der Waals surface area contributed by atoms with Gasteiger partial charge in [0.15, 0.2) is 5.92 Å². The van der Waals surface area contributed by atoms with Gasteiger partial charge < -0.3 is 0 Å². The molecule has 0 N–H and O–H groups in total. The molecule has 0 atom stereocenters. The van der Waals surface area contributed by atoms with Crippen LogP contribution in [0.25, 0.3) is 0 Å². The number of halogens is 13. The third-order valence-corrected chi connectivity index (χ3v) is 2.05. The number of hydrogen-bond acceptors (Lipinski definition) is 0. The van der Waals surface area contributed by atoms with Crippen LogP contribution in [-0.4, -0.2) is 30.4 Å². The van der Waals surface area contributed by atoms with Crippen LogP contribution in [0.1, 0.15) is 0 Å². The summed E-state index contributed by atoms with van der Waals surface area (Å²) >= 11 is 0. The Balaban J connectivity index is 5.85. The normalized spacial score (nSPS) is 16.1. The second-order valence-electron chi connectivity index (χ2n) is 3.63. The first-order valence-corrected chi connectivity index (χ1v) is 4.49. The van der Waals surface area contributed by atoms with Gasteiger partial charge in [0.1, 0.15) is 0 Å². The Kier molecular flexibility index (Phi) is 4.94. The van der Waals surface area contributed by atoms with Crippen molar-refractivity contribution in [3.8, 4) is 0 Å². The molecule has 0 aromatic carbocycles. The molecule has 0 rings (SSSR count). The summed E-state index contributed by atoms with van der Waals surface area (Å²) < 4.78 is 156. The Morgan fingerprint density at radius 3 is 1.00 bits per heavy atom. The van der Waals surface area contributed by atoms with E-state index in [1.807, 2.05) is 0 Å². The van der Waals surface area contributed by atoms with E-state index in [0.29, 0.717) is 0 Å². The molecule has 0 aliphatic rings. The first-order valence-electron chi connectivity index (χ1n) is 4.49. The molecule has 0 aliphatic heterocycles. The smallest absolute Gasteiger partial charge is 0.219 e. The van der Waals surface area contributed by atoms with Crippen molar-refractivity contribution in [1.82, 2.24) is 0 Å². The Morgan fingerprint density at radius 2 is 0.810 bits per heavy atom. The number of alkyl halides is 13. The summed E-state index contributed by atoms with van der Waals surface area (Å²) in [5, 5.41) is 0. The van der Waals surface area contributed by atoms with Crippen LogP contribution >= 0.6 is 0 Å². The van der Waals surface area contributed by atoms with Crippen LogP contribution in [0.15, 0.2) is 12.2 Å². The van der Waals surface area contributed by atoms with Crippen LogP contribution in [0, 0.1) is 5.92 Å². The molecule has 13 heteroatoms. The van der Waals surface area contributed by atoms with Crippen LogP contribution < -0.4 is 0 Å². The average molecular weight is 346 g/mol. The van der Waals surface area contributed by atoms with Crippen molar-refractivity contribution in [2.75, 3.05) is 0 Å². The van der Waals surface area contributed by atoms with E-state index in [-0.39, 0.29) is 0 Å². The average Bonchev–Trinajstić information content (AvgIpc) is 2.08. The summed E-state index contributed by atoms with van der Waals surface area (Å²) in [4.78, 5) is 0. The SMILES string of the molecule is FC(F)(F)C(/C=C/C(F)(C(F)(F)F)C(F)(F)F)C(F)(F)F. The van der Waals surface area contributed by atoms with Crippen molar-refractivity contribution >= 4 is 0 Å². The fourth-order valence-corrected chi connectivity index (χ4v) is 0.982. The monoisotopic (exact) mass is 346 g/mol. The zero-order valence-electron chi connectivity index (χ0n) is 9.15. The molecule has 0 amide bonds. The van der Waals surface area contributed by atoms with Crippen molar-refractivity contribution in [3.63, 3.8) is 0 Å². The van der Waals surface area contributed by atoms with Gasteiger partial charge in [-0.15, -0.1) is 0 Å². The van der Waals surface area contributed by atoms with Crippen LogP contribution in [0.5, 0.6) is 0 Å². The molecule has 0 radical (unpaired) electrons. The molecule has 21 heavy (non-hydrogen) atoms. The highest BCUT2D eigenvalue weighted by Gasteiger charge is 2.71. The summed E-state index contributed by atoms with van der Waals surface area (Å²) in [5.74, 6) is -4.68. The van der Waals surface area contributed by atoms with Gasteiger partial charge in [0.05, 0.1) is 0 Å². The predicted octanol–water partition coefficient (Wildman–Crippen LogP) is 5.12. The van der Waals surface area contributed by atoms with E-state index >= 15 is 0 Å². The minimum atomic E-state index is -6.79. The summed E-state index contributed by atoms with van der Waals surface area (Å²) in [5.41, 5.74) is -6.34. The molecule has 0 aromatic rings. The highest BCUT2D eigenvalue weighted by atomic mass is 19.4. The lowest BCUT2D eigenvalue weighted by Gasteiger charge is -2.28. The largest absolute Gasteiger partial charge is 0.435 e. The molecule has 0 nitrogen and oxygen atoms in total. The van der Waals surface area contributed by atoms with Gasteiger partial charge in [-0.05, 0) is 6.08 Å². The predicted molar refractivity (Wildman–Crippen MR) is 40.7 cm³/mol. The molecular weight excluding hydrogens is 343 g/mol. The van der Waals surface area contributed by atoms with Gasteiger partial charge in [-0.1, -0.05) is 6.08 Å².